The number of rotatable bonds is 13. The molecule has 0 unspecified atom stereocenters. The molecule has 9 heteroatoms. The van der Waals surface area contributed by atoms with Crippen molar-refractivity contribution in [1.29, 1.82) is 0 Å². The van der Waals surface area contributed by atoms with Gasteiger partial charge in [0.1, 0.15) is 23.9 Å². The summed E-state index contributed by atoms with van der Waals surface area (Å²) in [5.41, 5.74) is 0.540. The zero-order valence-corrected chi connectivity index (χ0v) is 19.0. The fraction of sp³-hybridized carbons (Fsp3) is 0.409. The Kier molecular flexibility index (Phi) is 9.45. The highest BCUT2D eigenvalue weighted by atomic mass is 32.2. The fourth-order valence-electron chi connectivity index (χ4n) is 2.88. The van der Waals surface area contributed by atoms with Gasteiger partial charge in [-0.2, -0.15) is 0 Å². The van der Waals surface area contributed by atoms with E-state index >= 15 is 0 Å². The number of sulfonamides is 1. The van der Waals surface area contributed by atoms with Crippen molar-refractivity contribution in [3.63, 3.8) is 0 Å². The predicted octanol–water partition coefficient (Wildman–Crippen LogP) is 2.84. The highest BCUT2D eigenvalue weighted by Crippen LogP contribution is 2.22. The van der Waals surface area contributed by atoms with E-state index < -0.39 is 10.0 Å². The van der Waals surface area contributed by atoms with Gasteiger partial charge in [0.25, 0.3) is 0 Å². The maximum Gasteiger partial charge on any atom is 0.232 e. The van der Waals surface area contributed by atoms with Crippen molar-refractivity contribution in [2.75, 3.05) is 44.0 Å². The molecule has 0 saturated carbocycles. The number of hydrogen-bond acceptors (Lipinski definition) is 6. The molecular weight excluding hydrogens is 420 g/mol. The summed E-state index contributed by atoms with van der Waals surface area (Å²) in [7, 11) is -1.88. The Labute approximate surface area is 184 Å². The third-order valence-corrected chi connectivity index (χ3v) is 5.53. The van der Waals surface area contributed by atoms with Gasteiger partial charge in [-0.15, -0.1) is 0 Å². The average molecular weight is 451 g/mol. The van der Waals surface area contributed by atoms with E-state index in [9.17, 15) is 13.2 Å². The van der Waals surface area contributed by atoms with Gasteiger partial charge in [0.05, 0.1) is 32.2 Å². The molecule has 1 amide bonds. The molecule has 0 spiro atoms. The molecule has 2 aromatic rings. The summed E-state index contributed by atoms with van der Waals surface area (Å²) in [6, 6.07) is 14.1. The Hall–Kier alpha value is -2.94. The molecule has 0 heterocycles. The third-order valence-electron chi connectivity index (χ3n) is 4.34. The Balaban J connectivity index is 1.76. The second-order valence-electron chi connectivity index (χ2n) is 6.74. The van der Waals surface area contributed by atoms with E-state index in [2.05, 4.69) is 5.32 Å². The van der Waals surface area contributed by atoms with Crippen LogP contribution in [0, 0.1) is 0 Å². The number of carbonyl (C=O) groups is 1. The summed E-state index contributed by atoms with van der Waals surface area (Å²) < 4.78 is 41.7. The smallest absolute Gasteiger partial charge is 0.232 e. The number of nitrogens with one attached hydrogen (secondary N) is 1. The van der Waals surface area contributed by atoms with E-state index in [1.165, 1.54) is 4.31 Å². The van der Waals surface area contributed by atoms with Crippen molar-refractivity contribution < 1.29 is 27.4 Å². The van der Waals surface area contributed by atoms with Gasteiger partial charge in [-0.3, -0.25) is 9.10 Å². The predicted molar refractivity (Wildman–Crippen MR) is 121 cm³/mol. The highest BCUT2D eigenvalue weighted by molar-refractivity contribution is 7.92. The molecule has 0 aliphatic carbocycles. The van der Waals surface area contributed by atoms with Gasteiger partial charge in [0, 0.05) is 19.0 Å². The van der Waals surface area contributed by atoms with Crippen molar-refractivity contribution in [3.05, 3.63) is 48.5 Å². The van der Waals surface area contributed by atoms with Gasteiger partial charge in [-0.1, -0.05) is 6.07 Å². The molecule has 0 fully saturated rings. The van der Waals surface area contributed by atoms with Gasteiger partial charge >= 0.3 is 0 Å². The molecule has 0 bridgehead atoms. The minimum absolute atomic E-state index is 0.158. The van der Waals surface area contributed by atoms with E-state index in [0.29, 0.717) is 49.1 Å². The summed E-state index contributed by atoms with van der Waals surface area (Å²) in [5.74, 6) is 1.88. The second kappa shape index (κ2) is 12.0. The topological polar surface area (TPSA) is 94.2 Å². The fourth-order valence-corrected chi connectivity index (χ4v) is 3.85. The largest absolute Gasteiger partial charge is 0.497 e. The quantitative estimate of drug-likeness (QED) is 0.472. The number of nitrogens with zero attached hydrogens (tertiary/aromatic N) is 1. The molecule has 0 aliphatic heterocycles. The summed E-state index contributed by atoms with van der Waals surface area (Å²) >= 11 is 0. The van der Waals surface area contributed by atoms with Gasteiger partial charge in [-0.25, -0.2) is 8.42 Å². The Morgan fingerprint density at radius 1 is 1.03 bits per heavy atom. The standard InChI is InChI=1S/C22H30N2O6S/c1-4-29-19-12-10-18(11-13-19)24(31(3,26)27)15-6-9-22(25)23-14-16-30-21-8-5-7-20(17-21)28-2/h5,7-8,10-13,17H,4,6,9,14-16H2,1-3H3,(H,23,25). The molecule has 170 valence electrons. The first-order valence-corrected chi connectivity index (χ1v) is 11.9. The minimum Gasteiger partial charge on any atom is -0.497 e. The Bertz CT molecular complexity index is 931. The van der Waals surface area contributed by atoms with Crippen molar-refractivity contribution in [2.24, 2.45) is 0 Å². The van der Waals surface area contributed by atoms with E-state index in [0.717, 1.165) is 6.26 Å². The molecule has 2 rings (SSSR count). The summed E-state index contributed by atoms with van der Waals surface area (Å²) in [6.07, 6.45) is 1.75. The van der Waals surface area contributed by atoms with E-state index in [1.54, 1.807) is 37.4 Å². The van der Waals surface area contributed by atoms with Crippen LogP contribution in [0.15, 0.2) is 48.5 Å². The van der Waals surface area contributed by atoms with Crippen LogP contribution in [0.2, 0.25) is 0 Å². The first-order chi connectivity index (χ1) is 14.8. The Morgan fingerprint density at radius 2 is 1.74 bits per heavy atom. The van der Waals surface area contributed by atoms with Gasteiger partial charge in [0.2, 0.25) is 15.9 Å². The highest BCUT2D eigenvalue weighted by Gasteiger charge is 2.17. The van der Waals surface area contributed by atoms with E-state index in [1.807, 2.05) is 25.1 Å². The Morgan fingerprint density at radius 3 is 2.39 bits per heavy atom. The average Bonchev–Trinajstić information content (AvgIpc) is 2.74. The number of ether oxygens (including phenoxy) is 3. The van der Waals surface area contributed by atoms with Crippen molar-refractivity contribution in [2.45, 2.75) is 19.8 Å². The lowest BCUT2D eigenvalue weighted by Gasteiger charge is -2.22. The molecule has 0 saturated heterocycles. The second-order valence-corrected chi connectivity index (χ2v) is 8.65. The third kappa shape index (κ3) is 8.37. The first-order valence-electron chi connectivity index (χ1n) is 10.1. The minimum atomic E-state index is -3.47. The van der Waals surface area contributed by atoms with Crippen LogP contribution in [-0.2, 0) is 14.8 Å². The van der Waals surface area contributed by atoms with Crippen LogP contribution >= 0.6 is 0 Å². The van der Waals surface area contributed by atoms with Crippen molar-refractivity contribution in [1.82, 2.24) is 5.32 Å². The number of carbonyl (C=O) groups excluding carboxylic acids is 1. The van der Waals surface area contributed by atoms with E-state index in [4.69, 9.17) is 14.2 Å². The summed E-state index contributed by atoms with van der Waals surface area (Å²) in [5, 5.41) is 2.78. The maximum atomic E-state index is 12.2. The number of anilines is 1. The van der Waals surface area contributed by atoms with Crippen LogP contribution < -0.4 is 23.8 Å². The van der Waals surface area contributed by atoms with Crippen LogP contribution in [0.1, 0.15) is 19.8 Å². The van der Waals surface area contributed by atoms with Crippen molar-refractivity contribution in [3.8, 4) is 17.2 Å². The molecular formula is C22H30N2O6S. The normalized spacial score (nSPS) is 10.9. The molecule has 8 nitrogen and oxygen atoms in total. The zero-order valence-electron chi connectivity index (χ0n) is 18.2. The lowest BCUT2D eigenvalue weighted by Crippen LogP contribution is -2.32. The molecule has 2 aromatic carbocycles. The van der Waals surface area contributed by atoms with Crippen LogP contribution in [0.5, 0.6) is 17.2 Å². The van der Waals surface area contributed by atoms with E-state index in [-0.39, 0.29) is 18.9 Å². The lowest BCUT2D eigenvalue weighted by molar-refractivity contribution is -0.121. The number of hydrogen-bond donors (Lipinski definition) is 1. The van der Waals surface area contributed by atoms with Gasteiger partial charge in [0.15, 0.2) is 0 Å². The molecule has 0 aliphatic rings. The van der Waals surface area contributed by atoms with Gasteiger partial charge in [-0.05, 0) is 49.7 Å². The summed E-state index contributed by atoms with van der Waals surface area (Å²) in [4.78, 5) is 12.1. The molecule has 0 atom stereocenters. The van der Waals surface area contributed by atoms with Crippen LogP contribution in [0.3, 0.4) is 0 Å². The van der Waals surface area contributed by atoms with Gasteiger partial charge < -0.3 is 19.5 Å². The number of methoxy groups -OCH3 is 1. The first kappa shape index (κ1) is 24.3. The molecule has 31 heavy (non-hydrogen) atoms. The molecule has 0 radical (unpaired) electrons. The lowest BCUT2D eigenvalue weighted by atomic mass is 10.2. The number of amides is 1. The molecule has 0 aromatic heterocycles. The van der Waals surface area contributed by atoms with Crippen LogP contribution in [0.25, 0.3) is 0 Å². The van der Waals surface area contributed by atoms with Crippen LogP contribution in [0.4, 0.5) is 5.69 Å². The SMILES string of the molecule is CCOc1ccc(N(CCCC(=O)NCCOc2cccc(OC)c2)S(C)(=O)=O)cc1. The zero-order chi connectivity index (χ0) is 22.7. The van der Waals surface area contributed by atoms with Crippen LogP contribution in [-0.4, -0.2) is 54.0 Å². The number of benzene rings is 2. The summed E-state index contributed by atoms with van der Waals surface area (Å²) in [6.45, 7) is 3.30. The monoisotopic (exact) mass is 450 g/mol. The molecule has 1 N–H and O–H groups in total. The maximum absolute atomic E-state index is 12.2. The van der Waals surface area contributed by atoms with Crippen molar-refractivity contribution >= 4 is 21.6 Å².